The van der Waals surface area contributed by atoms with Crippen LogP contribution in [-0.2, 0) is 9.53 Å². The number of rotatable bonds is 6. The van der Waals surface area contributed by atoms with Gasteiger partial charge >= 0.3 is 5.97 Å². The van der Waals surface area contributed by atoms with Gasteiger partial charge in [0.15, 0.2) is 0 Å². The molecule has 0 heterocycles. The van der Waals surface area contributed by atoms with Crippen molar-refractivity contribution in [1.82, 2.24) is 5.32 Å². The molecule has 100 valence electrons. The van der Waals surface area contributed by atoms with Gasteiger partial charge in [-0.2, -0.15) is 0 Å². The fourth-order valence-corrected chi connectivity index (χ4v) is 3.01. The highest BCUT2D eigenvalue weighted by Gasteiger charge is 2.36. The van der Waals surface area contributed by atoms with Crippen molar-refractivity contribution in [2.75, 3.05) is 13.2 Å². The highest BCUT2D eigenvalue weighted by molar-refractivity contribution is 5.70. The maximum Gasteiger partial charge on any atom is 0.307 e. The molecule has 3 heteroatoms. The lowest BCUT2D eigenvalue weighted by atomic mass is 9.74. The standard InChI is InChI=1S/C14H27NO2/c1-4-15-14(3,11-13(16)17-5-2)12-9-7-6-8-10-12/h12,15H,4-11H2,1-3H3. The van der Waals surface area contributed by atoms with Crippen molar-refractivity contribution in [3.8, 4) is 0 Å². The summed E-state index contributed by atoms with van der Waals surface area (Å²) in [5.41, 5.74) is -0.0819. The van der Waals surface area contributed by atoms with Crippen LogP contribution in [0.5, 0.6) is 0 Å². The lowest BCUT2D eigenvalue weighted by molar-refractivity contribution is -0.145. The van der Waals surface area contributed by atoms with Gasteiger partial charge in [0.1, 0.15) is 0 Å². The molecule has 1 unspecified atom stereocenters. The zero-order chi connectivity index (χ0) is 12.7. The third-order valence-electron chi connectivity index (χ3n) is 3.90. The van der Waals surface area contributed by atoms with E-state index in [9.17, 15) is 4.79 Å². The van der Waals surface area contributed by atoms with Gasteiger partial charge in [-0.15, -0.1) is 0 Å². The molecule has 0 aliphatic heterocycles. The van der Waals surface area contributed by atoms with Crippen molar-refractivity contribution >= 4 is 5.97 Å². The van der Waals surface area contributed by atoms with Crippen molar-refractivity contribution in [3.63, 3.8) is 0 Å². The fourth-order valence-electron chi connectivity index (χ4n) is 3.01. The van der Waals surface area contributed by atoms with E-state index in [1.807, 2.05) is 6.92 Å². The van der Waals surface area contributed by atoms with Gasteiger partial charge in [0.25, 0.3) is 0 Å². The number of hydrogen-bond acceptors (Lipinski definition) is 3. The van der Waals surface area contributed by atoms with Gasteiger partial charge in [-0.05, 0) is 39.2 Å². The Morgan fingerprint density at radius 3 is 2.47 bits per heavy atom. The zero-order valence-electron chi connectivity index (χ0n) is 11.6. The summed E-state index contributed by atoms with van der Waals surface area (Å²) in [5.74, 6) is 0.544. The van der Waals surface area contributed by atoms with Crippen LogP contribution in [0.15, 0.2) is 0 Å². The van der Waals surface area contributed by atoms with Gasteiger partial charge in [0.05, 0.1) is 13.0 Å². The van der Waals surface area contributed by atoms with Crippen LogP contribution in [0.3, 0.4) is 0 Å². The lowest BCUT2D eigenvalue weighted by Gasteiger charge is -2.40. The topological polar surface area (TPSA) is 38.3 Å². The second kappa shape index (κ2) is 7.00. The second-order valence-electron chi connectivity index (χ2n) is 5.26. The normalized spacial score (nSPS) is 20.9. The highest BCUT2D eigenvalue weighted by atomic mass is 16.5. The number of ether oxygens (including phenoxy) is 1. The van der Waals surface area contributed by atoms with Crippen molar-refractivity contribution in [2.45, 2.75) is 64.8 Å². The molecule has 0 saturated heterocycles. The Balaban J connectivity index is 2.62. The molecule has 0 spiro atoms. The molecule has 17 heavy (non-hydrogen) atoms. The van der Waals surface area contributed by atoms with Crippen LogP contribution >= 0.6 is 0 Å². The van der Waals surface area contributed by atoms with Crippen molar-refractivity contribution in [1.29, 1.82) is 0 Å². The molecule has 0 radical (unpaired) electrons. The van der Waals surface area contributed by atoms with Crippen LogP contribution in [0.4, 0.5) is 0 Å². The molecule has 1 aliphatic rings. The Labute approximate surface area is 105 Å². The predicted octanol–water partition coefficient (Wildman–Crippen LogP) is 2.89. The Hall–Kier alpha value is -0.570. The van der Waals surface area contributed by atoms with E-state index in [-0.39, 0.29) is 11.5 Å². The van der Waals surface area contributed by atoms with Crippen LogP contribution in [0.2, 0.25) is 0 Å². The quantitative estimate of drug-likeness (QED) is 0.727. The molecule has 0 bridgehead atoms. The monoisotopic (exact) mass is 241 g/mol. The molecule has 1 fully saturated rings. The molecule has 1 aliphatic carbocycles. The Morgan fingerprint density at radius 1 is 1.29 bits per heavy atom. The molecule has 0 aromatic carbocycles. The Morgan fingerprint density at radius 2 is 1.94 bits per heavy atom. The van der Waals surface area contributed by atoms with E-state index in [0.29, 0.717) is 18.9 Å². The summed E-state index contributed by atoms with van der Waals surface area (Å²) >= 11 is 0. The first-order valence-electron chi connectivity index (χ1n) is 7.03. The Kier molecular flexibility index (Phi) is 5.96. The van der Waals surface area contributed by atoms with Gasteiger partial charge in [-0.25, -0.2) is 0 Å². The summed E-state index contributed by atoms with van der Waals surface area (Å²) in [6.45, 7) is 7.54. The molecule has 3 nitrogen and oxygen atoms in total. The van der Waals surface area contributed by atoms with E-state index < -0.39 is 0 Å². The van der Waals surface area contributed by atoms with Gasteiger partial charge in [-0.1, -0.05) is 26.2 Å². The SMILES string of the molecule is CCNC(C)(CC(=O)OCC)C1CCCCC1. The minimum Gasteiger partial charge on any atom is -0.466 e. The number of carbonyl (C=O) groups excluding carboxylic acids is 1. The third-order valence-corrected chi connectivity index (χ3v) is 3.90. The maximum absolute atomic E-state index is 11.7. The van der Waals surface area contributed by atoms with E-state index >= 15 is 0 Å². The number of hydrogen-bond donors (Lipinski definition) is 1. The summed E-state index contributed by atoms with van der Waals surface area (Å²) in [4.78, 5) is 11.7. The van der Waals surface area contributed by atoms with Crippen LogP contribution in [-0.4, -0.2) is 24.7 Å². The zero-order valence-corrected chi connectivity index (χ0v) is 11.6. The summed E-state index contributed by atoms with van der Waals surface area (Å²) in [6.07, 6.45) is 6.92. The van der Waals surface area contributed by atoms with E-state index in [2.05, 4.69) is 19.2 Å². The molecular formula is C14H27NO2. The summed E-state index contributed by atoms with van der Waals surface area (Å²) in [5, 5.41) is 3.52. The summed E-state index contributed by atoms with van der Waals surface area (Å²) in [6, 6.07) is 0. The smallest absolute Gasteiger partial charge is 0.307 e. The molecule has 0 aromatic rings. The van der Waals surface area contributed by atoms with Crippen molar-refractivity contribution < 1.29 is 9.53 Å². The minimum absolute atomic E-state index is 0.0680. The van der Waals surface area contributed by atoms with E-state index in [0.717, 1.165) is 6.54 Å². The van der Waals surface area contributed by atoms with Crippen LogP contribution in [0.25, 0.3) is 0 Å². The van der Waals surface area contributed by atoms with E-state index in [1.165, 1.54) is 32.1 Å². The van der Waals surface area contributed by atoms with E-state index in [4.69, 9.17) is 4.74 Å². The van der Waals surface area contributed by atoms with Gasteiger partial charge in [0.2, 0.25) is 0 Å². The van der Waals surface area contributed by atoms with Crippen LogP contribution < -0.4 is 5.32 Å². The number of esters is 1. The molecule has 1 N–H and O–H groups in total. The molecule has 0 amide bonds. The average molecular weight is 241 g/mol. The first-order valence-corrected chi connectivity index (χ1v) is 7.03. The molecular weight excluding hydrogens is 214 g/mol. The largest absolute Gasteiger partial charge is 0.466 e. The predicted molar refractivity (Wildman–Crippen MR) is 69.9 cm³/mol. The second-order valence-corrected chi connectivity index (χ2v) is 5.26. The van der Waals surface area contributed by atoms with Gasteiger partial charge < -0.3 is 10.1 Å². The first kappa shape index (κ1) is 14.5. The molecule has 1 atom stereocenters. The average Bonchev–Trinajstić information content (AvgIpc) is 2.30. The van der Waals surface area contributed by atoms with Crippen molar-refractivity contribution in [3.05, 3.63) is 0 Å². The van der Waals surface area contributed by atoms with Crippen molar-refractivity contribution in [2.24, 2.45) is 5.92 Å². The summed E-state index contributed by atoms with van der Waals surface area (Å²) in [7, 11) is 0. The van der Waals surface area contributed by atoms with Gasteiger partial charge in [-0.3, -0.25) is 4.79 Å². The van der Waals surface area contributed by atoms with Gasteiger partial charge in [0, 0.05) is 5.54 Å². The fraction of sp³-hybridized carbons (Fsp3) is 0.929. The first-order chi connectivity index (χ1) is 8.12. The Bertz CT molecular complexity index is 236. The van der Waals surface area contributed by atoms with Crippen LogP contribution in [0, 0.1) is 5.92 Å². The number of nitrogens with one attached hydrogen (secondary N) is 1. The van der Waals surface area contributed by atoms with E-state index in [1.54, 1.807) is 0 Å². The summed E-state index contributed by atoms with van der Waals surface area (Å²) < 4.78 is 5.10. The third kappa shape index (κ3) is 4.30. The molecule has 0 aromatic heterocycles. The van der Waals surface area contributed by atoms with Crippen LogP contribution in [0.1, 0.15) is 59.3 Å². The molecule has 1 saturated carbocycles. The highest BCUT2D eigenvalue weighted by Crippen LogP contribution is 2.34. The maximum atomic E-state index is 11.7. The lowest BCUT2D eigenvalue weighted by Crippen LogP contribution is -2.51. The molecule has 1 rings (SSSR count). The number of carbonyl (C=O) groups is 1. The minimum atomic E-state index is -0.0819.